The van der Waals surface area contributed by atoms with Crippen molar-refractivity contribution < 1.29 is 48.3 Å². The van der Waals surface area contributed by atoms with E-state index >= 15 is 18.0 Å². The van der Waals surface area contributed by atoms with Crippen molar-refractivity contribution in [2.24, 2.45) is 16.4 Å². The number of hydrogen-bond acceptors (Lipinski definition) is 8. The topological polar surface area (TPSA) is 144 Å². The number of hydrazone groups is 1. The van der Waals surface area contributed by atoms with Gasteiger partial charge in [0.15, 0.2) is 11.6 Å². The number of nitrogens with one attached hydrogen (secondary N) is 2. The van der Waals surface area contributed by atoms with E-state index in [9.17, 15) is 35.2 Å². The number of carbonyl (C=O) groups is 1. The molecule has 2 aromatic heterocycles. The summed E-state index contributed by atoms with van der Waals surface area (Å²) in [6, 6.07) is 7.06. The highest BCUT2D eigenvalue weighted by molar-refractivity contribution is 7.89. The highest BCUT2D eigenvalue weighted by atomic mass is 35.5. The third kappa shape index (κ3) is 7.02. The molecule has 2 unspecified atom stereocenters. The van der Waals surface area contributed by atoms with Crippen LogP contribution in [0.2, 0.25) is 0 Å². The van der Waals surface area contributed by atoms with Crippen LogP contribution < -0.4 is 15.6 Å². The van der Waals surface area contributed by atoms with Crippen LogP contribution in [0.3, 0.4) is 0 Å². The van der Waals surface area contributed by atoms with Gasteiger partial charge >= 0.3 is 0 Å². The van der Waals surface area contributed by atoms with Gasteiger partial charge < -0.3 is 5.32 Å². The molecule has 2 N–H and O–H groups in total. The molecule has 1 fully saturated rings. The van der Waals surface area contributed by atoms with Crippen molar-refractivity contribution in [1.29, 1.82) is 0 Å². The number of allylic oxidation sites excluding steroid dienone is 2. The molecule has 5 atom stereocenters. The average Bonchev–Trinajstić information content (AvgIpc) is 3.78. The number of fused-ring (bicyclic) bond motifs is 5. The van der Waals surface area contributed by atoms with Gasteiger partial charge in [0.05, 0.1) is 34.3 Å². The Labute approximate surface area is 363 Å². The maximum atomic E-state index is 15.5. The zero-order valence-corrected chi connectivity index (χ0v) is 35.1. The minimum absolute atomic E-state index is 0.0353. The first-order chi connectivity index (χ1) is 30.1. The molecular weight excluding hydrogens is 900 g/mol. The second kappa shape index (κ2) is 15.0. The molecule has 9 rings (SSSR count). The number of amides is 1. The van der Waals surface area contributed by atoms with Crippen LogP contribution in [0.4, 0.5) is 35.1 Å². The van der Waals surface area contributed by atoms with Gasteiger partial charge in [-0.1, -0.05) is 29.8 Å². The zero-order valence-electron chi connectivity index (χ0n) is 33.5. The zero-order chi connectivity index (χ0) is 45.9. The smallest absolute Gasteiger partial charge is 0.293 e. The van der Waals surface area contributed by atoms with Crippen LogP contribution in [0.5, 0.6) is 0 Å². The van der Waals surface area contributed by atoms with Gasteiger partial charge in [-0.05, 0) is 72.9 Å². The molecule has 64 heavy (non-hydrogen) atoms. The summed E-state index contributed by atoms with van der Waals surface area (Å²) in [6.07, 6.45) is -0.149. The molecule has 5 aromatic rings. The van der Waals surface area contributed by atoms with Crippen molar-refractivity contribution in [1.82, 2.24) is 34.4 Å². The minimum atomic E-state index is -3.96. The third-order valence-corrected chi connectivity index (χ3v) is 13.1. The molecule has 12 nitrogen and oxygen atoms in total. The largest absolute Gasteiger partial charge is 0.344 e. The lowest BCUT2D eigenvalue weighted by Crippen LogP contribution is -2.50. The number of amidine groups is 1. The molecule has 4 aliphatic rings. The number of sulfonamides is 1. The fraction of sp³-hybridized carbons (Fsp3) is 0.310. The normalized spacial score (nSPS) is 22.4. The van der Waals surface area contributed by atoms with Gasteiger partial charge in [0.1, 0.15) is 47.3 Å². The second-order valence-corrected chi connectivity index (χ2v) is 18.5. The van der Waals surface area contributed by atoms with E-state index in [1.165, 1.54) is 54.5 Å². The lowest BCUT2D eigenvalue weighted by molar-refractivity contribution is -0.123. The molecule has 1 amide bonds. The number of likely N-dealkylation sites (N-methyl/N-ethyl adjacent to an activating group) is 1. The molecule has 3 heterocycles. The Bertz CT molecular complexity index is 3100. The average molecular weight is 933 g/mol. The van der Waals surface area contributed by atoms with Crippen LogP contribution >= 0.6 is 11.6 Å². The van der Waals surface area contributed by atoms with Crippen LogP contribution in [0, 0.1) is 34.6 Å². The van der Waals surface area contributed by atoms with Gasteiger partial charge in [-0.2, -0.15) is 19.0 Å². The predicted molar refractivity (Wildman–Crippen MR) is 218 cm³/mol. The monoisotopic (exact) mass is 932 g/mol. The SMILES string of the molecule is CN1N=C(NS(C)(=O)=O)C2(C)C(Cl)=CC=C(n3c([C@H](Cc4cc(F)cc(F)c4)NC(=O)Cn4nc(C(F)F)c5c4C(F)(F)[C@@H]4C[C@H]54)nc4cc(-c5cccc(F)c5F)ccc4c3=O)C12. The summed E-state index contributed by atoms with van der Waals surface area (Å²) in [6.45, 7) is 0.505. The van der Waals surface area contributed by atoms with E-state index in [0.29, 0.717) is 10.7 Å². The van der Waals surface area contributed by atoms with Crippen LogP contribution in [-0.4, -0.2) is 63.8 Å². The fourth-order valence-electron chi connectivity index (χ4n) is 9.18. The summed E-state index contributed by atoms with van der Waals surface area (Å²) >= 11 is 6.79. The first-order valence-corrected chi connectivity index (χ1v) is 21.8. The van der Waals surface area contributed by atoms with Crippen molar-refractivity contribution >= 4 is 50.0 Å². The van der Waals surface area contributed by atoms with Crippen LogP contribution in [0.1, 0.15) is 60.1 Å². The number of carbonyl (C=O) groups excluding carboxylic acids is 1. The van der Waals surface area contributed by atoms with E-state index in [-0.39, 0.29) is 62.0 Å². The Balaban J connectivity index is 1.24. The van der Waals surface area contributed by atoms with Crippen molar-refractivity contribution in [2.75, 3.05) is 13.3 Å². The summed E-state index contributed by atoms with van der Waals surface area (Å²) in [4.78, 5) is 34.0. The quantitative estimate of drug-likeness (QED) is 0.141. The van der Waals surface area contributed by atoms with Crippen molar-refractivity contribution in [3.63, 3.8) is 0 Å². The molecule has 22 heteroatoms. The number of alkyl halides is 4. The van der Waals surface area contributed by atoms with Crippen molar-refractivity contribution in [3.05, 3.63) is 134 Å². The molecule has 0 bridgehead atoms. The molecule has 3 aliphatic carbocycles. The minimum Gasteiger partial charge on any atom is -0.344 e. The van der Waals surface area contributed by atoms with E-state index in [2.05, 4.69) is 20.2 Å². The molecule has 0 spiro atoms. The molecule has 3 aromatic carbocycles. The van der Waals surface area contributed by atoms with E-state index in [1.807, 2.05) is 0 Å². The number of aromatic nitrogens is 4. The summed E-state index contributed by atoms with van der Waals surface area (Å²) in [5.74, 6) is -11.8. The molecule has 334 valence electrons. The third-order valence-electron chi connectivity index (χ3n) is 12.0. The van der Waals surface area contributed by atoms with E-state index in [4.69, 9.17) is 16.6 Å². The fourth-order valence-corrected chi connectivity index (χ4v) is 10.0. The highest BCUT2D eigenvalue weighted by Crippen LogP contribution is 2.68. The predicted octanol–water partition coefficient (Wildman–Crippen LogP) is 7.22. The molecule has 1 aliphatic heterocycles. The Morgan fingerprint density at radius 2 is 1.75 bits per heavy atom. The molecule has 0 saturated heterocycles. The number of halogens is 9. The highest BCUT2D eigenvalue weighted by Gasteiger charge is 2.67. The van der Waals surface area contributed by atoms with Crippen LogP contribution in [0.15, 0.2) is 81.7 Å². The van der Waals surface area contributed by atoms with Crippen molar-refractivity contribution in [2.45, 2.75) is 56.7 Å². The Kier molecular flexibility index (Phi) is 10.1. The number of rotatable bonds is 10. The Morgan fingerprint density at radius 1 is 1.03 bits per heavy atom. The number of hydrogen-bond donors (Lipinski definition) is 2. The number of nitrogens with zero attached hydrogens (tertiary/aromatic N) is 6. The lowest BCUT2D eigenvalue weighted by Gasteiger charge is -2.39. The summed E-state index contributed by atoms with van der Waals surface area (Å²) < 4.78 is 147. The van der Waals surface area contributed by atoms with Gasteiger partial charge in [0.25, 0.3) is 17.9 Å². The summed E-state index contributed by atoms with van der Waals surface area (Å²) in [7, 11) is -2.50. The van der Waals surface area contributed by atoms with E-state index in [1.54, 1.807) is 6.92 Å². The van der Waals surface area contributed by atoms with Gasteiger partial charge in [0.2, 0.25) is 15.9 Å². The second-order valence-electron chi connectivity index (χ2n) is 16.3. The summed E-state index contributed by atoms with van der Waals surface area (Å²) in [5, 5.41) is 12.0. The van der Waals surface area contributed by atoms with E-state index in [0.717, 1.165) is 29.0 Å². The molecular formula is C42H33ClF8N8O4S. The first kappa shape index (κ1) is 43.2. The van der Waals surface area contributed by atoms with Gasteiger partial charge in [0, 0.05) is 41.6 Å². The standard InChI is InChI=1S/C42H33ClF8N8O4S/c1-41-30(43)10-9-29(35(41)57(2)55-40(41)56-64(3,62)63)59-38(53-27-14-19(7-8-23(27)39(59)61)22-5-4-6-26(46)33(22)47)28(13-18-11-20(44)15-21(45)12-18)52-31(60)17-58-36-32(34(54-58)37(48)49)24-16-25(24)42(36,50)51/h4-12,14-15,24-25,28,35,37H,13,16-17H2,1-3H3,(H,52,60)(H,55,56)/t24-,25+,28-,35?,41?/m0/s1. The maximum Gasteiger partial charge on any atom is 0.293 e. The van der Waals surface area contributed by atoms with Gasteiger partial charge in [-0.15, -0.1) is 0 Å². The van der Waals surface area contributed by atoms with Crippen molar-refractivity contribution in [3.8, 4) is 11.1 Å². The van der Waals surface area contributed by atoms with Crippen LogP contribution in [-0.2, 0) is 33.7 Å². The van der Waals surface area contributed by atoms with Gasteiger partial charge in [-0.25, -0.2) is 39.7 Å². The van der Waals surface area contributed by atoms with E-state index < -0.39 is 111 Å². The first-order valence-electron chi connectivity index (χ1n) is 19.5. The molecule has 1 saturated carbocycles. The maximum absolute atomic E-state index is 15.5. The Morgan fingerprint density at radius 3 is 2.44 bits per heavy atom. The summed E-state index contributed by atoms with van der Waals surface area (Å²) in [5.41, 5.74) is -4.76. The van der Waals surface area contributed by atoms with Gasteiger partial charge in [-0.3, -0.25) is 28.6 Å². The lowest BCUT2D eigenvalue weighted by atomic mass is 9.76. The molecule has 0 radical (unpaired) electrons. The van der Waals surface area contributed by atoms with Crippen LogP contribution in [0.25, 0.3) is 27.7 Å². The Hall–Kier alpha value is -6.09. The number of benzene rings is 3.